The Morgan fingerprint density at radius 2 is 1.04 bits per heavy atom. The Morgan fingerprint density at radius 3 is 1.80 bits per heavy atom. The van der Waals surface area contributed by atoms with Crippen LogP contribution in [-0.4, -0.2) is 29.1 Å². The van der Waals surface area contributed by atoms with Gasteiger partial charge in [-0.2, -0.15) is 0 Å². The molecule has 0 spiro atoms. The van der Waals surface area contributed by atoms with Crippen LogP contribution in [0.5, 0.6) is 0 Å². The first-order valence-corrected chi connectivity index (χ1v) is 16.6. The van der Waals surface area contributed by atoms with Crippen LogP contribution in [0.4, 0.5) is 0 Å². The number of hydrogen-bond donors (Lipinski definition) is 0. The quantitative estimate of drug-likeness (QED) is 0.188. The van der Waals surface area contributed by atoms with Crippen molar-refractivity contribution >= 4 is 43.7 Å². The molecule has 0 aliphatic rings. The Balaban J connectivity index is 1.27. The minimum absolute atomic E-state index is 0.786. The number of rotatable bonds is 5. The molecule has 4 aromatic carbocycles. The van der Waals surface area contributed by atoms with Crippen molar-refractivity contribution in [3.05, 3.63) is 170 Å². The molecule has 6 heteroatoms. The number of aromatic nitrogens is 6. The molecule has 6 aromatic heterocycles. The first-order chi connectivity index (χ1) is 24.8. The Kier molecular flexibility index (Phi) is 6.39. The number of para-hydroxylation sites is 3. The molecule has 50 heavy (non-hydrogen) atoms. The van der Waals surface area contributed by atoms with Crippen molar-refractivity contribution in [3.63, 3.8) is 0 Å². The van der Waals surface area contributed by atoms with Crippen molar-refractivity contribution in [2.45, 2.75) is 0 Å². The summed E-state index contributed by atoms with van der Waals surface area (Å²) < 4.78 is 4.67. The van der Waals surface area contributed by atoms with Crippen molar-refractivity contribution < 1.29 is 0 Å². The highest BCUT2D eigenvalue weighted by molar-refractivity contribution is 6.15. The lowest BCUT2D eigenvalue weighted by atomic mass is 10.0. The second kappa shape index (κ2) is 11.4. The standard InChI is InChI=1S/C44H28N6/c1-2-12-30(13-3-1)49-41-22-21-29(26-35(41)43-42(49)20-11-25-47-43)32-15-10-16-34-33-14-4-5-19-40(33)50(44(32)34)31-27-38(36-17-6-8-23-45-36)48-39(28-31)37-18-7-9-24-46-37/h1-28H. The van der Waals surface area contributed by atoms with E-state index in [0.29, 0.717) is 0 Å². The molecule has 10 rings (SSSR count). The summed E-state index contributed by atoms with van der Waals surface area (Å²) in [5.41, 5.74) is 13.0. The van der Waals surface area contributed by atoms with Crippen molar-refractivity contribution in [1.82, 2.24) is 29.1 Å². The summed E-state index contributed by atoms with van der Waals surface area (Å²) >= 11 is 0. The molecule has 234 valence electrons. The summed E-state index contributed by atoms with van der Waals surface area (Å²) in [7, 11) is 0. The van der Waals surface area contributed by atoms with E-state index in [0.717, 1.165) is 78.2 Å². The first kappa shape index (κ1) is 28.1. The van der Waals surface area contributed by atoms with E-state index >= 15 is 0 Å². The third-order valence-electron chi connectivity index (χ3n) is 9.46. The second-order valence-corrected chi connectivity index (χ2v) is 12.4. The highest BCUT2D eigenvalue weighted by atomic mass is 15.0. The average Bonchev–Trinajstić information content (AvgIpc) is 3.71. The lowest BCUT2D eigenvalue weighted by molar-refractivity contribution is 1.14. The van der Waals surface area contributed by atoms with E-state index in [1.54, 1.807) is 0 Å². The molecule has 0 aliphatic heterocycles. The smallest absolute Gasteiger partial charge is 0.0963 e. The van der Waals surface area contributed by atoms with E-state index in [4.69, 9.17) is 9.97 Å². The molecule has 0 aliphatic carbocycles. The number of pyridine rings is 4. The number of nitrogens with zero attached hydrogens (tertiary/aromatic N) is 6. The minimum Gasteiger partial charge on any atom is -0.308 e. The van der Waals surface area contributed by atoms with E-state index in [1.165, 1.54) is 10.8 Å². The fourth-order valence-electron chi connectivity index (χ4n) is 7.31. The molecule has 0 fully saturated rings. The van der Waals surface area contributed by atoms with Crippen LogP contribution in [-0.2, 0) is 0 Å². The molecule has 6 heterocycles. The van der Waals surface area contributed by atoms with Crippen LogP contribution in [0.1, 0.15) is 0 Å². The van der Waals surface area contributed by atoms with Crippen LogP contribution in [0.2, 0.25) is 0 Å². The van der Waals surface area contributed by atoms with Gasteiger partial charge in [-0.05, 0) is 84.4 Å². The maximum absolute atomic E-state index is 5.07. The average molecular weight is 641 g/mol. The summed E-state index contributed by atoms with van der Waals surface area (Å²) in [4.78, 5) is 19.3. The molecular weight excluding hydrogens is 613 g/mol. The highest BCUT2D eigenvalue weighted by Crippen LogP contribution is 2.41. The maximum atomic E-state index is 5.07. The van der Waals surface area contributed by atoms with Gasteiger partial charge < -0.3 is 9.13 Å². The minimum atomic E-state index is 0.786. The molecule has 0 saturated heterocycles. The van der Waals surface area contributed by atoms with Gasteiger partial charge in [0.1, 0.15) is 0 Å². The van der Waals surface area contributed by atoms with E-state index in [9.17, 15) is 0 Å². The summed E-state index contributed by atoms with van der Waals surface area (Å²) in [6.45, 7) is 0. The fourth-order valence-corrected chi connectivity index (χ4v) is 7.31. The molecular formula is C44H28N6. The van der Waals surface area contributed by atoms with Crippen LogP contribution in [0, 0.1) is 0 Å². The Hall–Kier alpha value is -6.92. The van der Waals surface area contributed by atoms with Gasteiger partial charge in [0, 0.05) is 46.0 Å². The maximum Gasteiger partial charge on any atom is 0.0963 e. The molecule has 6 nitrogen and oxygen atoms in total. The summed E-state index contributed by atoms with van der Waals surface area (Å²) in [6.07, 6.45) is 5.50. The van der Waals surface area contributed by atoms with Gasteiger partial charge in [0.15, 0.2) is 0 Å². The lowest BCUT2D eigenvalue weighted by Crippen LogP contribution is -2.00. The normalized spacial score (nSPS) is 11.6. The summed E-state index contributed by atoms with van der Waals surface area (Å²) in [5, 5.41) is 3.47. The summed E-state index contributed by atoms with van der Waals surface area (Å²) in [6, 6.07) is 52.8. The van der Waals surface area contributed by atoms with E-state index in [2.05, 4.69) is 128 Å². The molecule has 0 bridgehead atoms. The van der Waals surface area contributed by atoms with E-state index in [1.807, 2.05) is 61.1 Å². The van der Waals surface area contributed by atoms with Gasteiger partial charge in [-0.15, -0.1) is 0 Å². The molecule has 0 radical (unpaired) electrons. The third kappa shape index (κ3) is 4.43. The van der Waals surface area contributed by atoms with Gasteiger partial charge >= 0.3 is 0 Å². The third-order valence-corrected chi connectivity index (χ3v) is 9.46. The number of hydrogen-bond acceptors (Lipinski definition) is 4. The van der Waals surface area contributed by atoms with Crippen LogP contribution in [0.3, 0.4) is 0 Å². The largest absolute Gasteiger partial charge is 0.308 e. The molecule has 0 atom stereocenters. The van der Waals surface area contributed by atoms with Gasteiger partial charge in [0.25, 0.3) is 0 Å². The Morgan fingerprint density at radius 1 is 0.380 bits per heavy atom. The number of fused-ring (bicyclic) bond motifs is 6. The van der Waals surface area contributed by atoms with Crippen LogP contribution < -0.4 is 0 Å². The van der Waals surface area contributed by atoms with Gasteiger partial charge in [0.2, 0.25) is 0 Å². The molecule has 0 N–H and O–H groups in total. The monoisotopic (exact) mass is 640 g/mol. The van der Waals surface area contributed by atoms with Crippen molar-refractivity contribution in [1.29, 1.82) is 0 Å². The zero-order chi connectivity index (χ0) is 33.0. The van der Waals surface area contributed by atoms with E-state index < -0.39 is 0 Å². The predicted octanol–water partition coefficient (Wildman–Crippen LogP) is 10.5. The topological polar surface area (TPSA) is 61.4 Å². The number of benzene rings is 4. The van der Waals surface area contributed by atoms with Gasteiger partial charge in [0.05, 0.1) is 56.0 Å². The van der Waals surface area contributed by atoms with Crippen molar-refractivity contribution in [2.75, 3.05) is 0 Å². The summed E-state index contributed by atoms with van der Waals surface area (Å²) in [5.74, 6) is 0. The molecule has 10 aromatic rings. The van der Waals surface area contributed by atoms with E-state index in [-0.39, 0.29) is 0 Å². The Labute approximate surface area is 287 Å². The molecule has 0 saturated carbocycles. The van der Waals surface area contributed by atoms with Crippen molar-refractivity contribution in [3.8, 4) is 45.3 Å². The fraction of sp³-hybridized carbons (Fsp3) is 0. The zero-order valence-corrected chi connectivity index (χ0v) is 26.8. The predicted molar refractivity (Wildman–Crippen MR) is 203 cm³/mol. The Bertz CT molecular complexity index is 2800. The second-order valence-electron chi connectivity index (χ2n) is 12.4. The van der Waals surface area contributed by atoms with Gasteiger partial charge in [-0.3, -0.25) is 15.0 Å². The van der Waals surface area contributed by atoms with Crippen molar-refractivity contribution in [2.24, 2.45) is 0 Å². The van der Waals surface area contributed by atoms with Crippen LogP contribution in [0.25, 0.3) is 89.0 Å². The zero-order valence-electron chi connectivity index (χ0n) is 26.8. The molecule has 0 unspecified atom stereocenters. The molecule has 0 amide bonds. The SMILES string of the molecule is c1ccc(-n2c3ccc(-c4cccc5c6ccccc6n(-c6cc(-c7ccccn7)nc(-c7ccccn7)c6)c45)cc3c3ncccc32)cc1. The van der Waals surface area contributed by atoms with Gasteiger partial charge in [-0.25, -0.2) is 4.98 Å². The first-order valence-electron chi connectivity index (χ1n) is 16.6. The lowest BCUT2D eigenvalue weighted by Gasteiger charge is -2.15. The highest BCUT2D eigenvalue weighted by Gasteiger charge is 2.20. The van der Waals surface area contributed by atoms with Gasteiger partial charge in [-0.1, -0.05) is 72.8 Å². The van der Waals surface area contributed by atoms with Crippen LogP contribution >= 0.6 is 0 Å². The van der Waals surface area contributed by atoms with Crippen LogP contribution in [0.15, 0.2) is 170 Å².